The van der Waals surface area contributed by atoms with E-state index >= 15 is 4.79 Å². The second-order valence-corrected chi connectivity index (χ2v) is 25.2. The van der Waals surface area contributed by atoms with E-state index in [1.54, 1.807) is 0 Å². The molecule has 1 heterocycles. The van der Waals surface area contributed by atoms with Crippen molar-refractivity contribution in [2.75, 3.05) is 19.6 Å². The lowest BCUT2D eigenvalue weighted by atomic mass is 9.32. The summed E-state index contributed by atoms with van der Waals surface area (Å²) < 4.78 is 6.33. The highest BCUT2D eigenvalue weighted by molar-refractivity contribution is 5.86. The van der Waals surface area contributed by atoms with Crippen LogP contribution in [0.4, 0.5) is 0 Å². The molecule has 7 aliphatic rings. The molecule has 6 nitrogen and oxygen atoms in total. The van der Waals surface area contributed by atoms with Crippen molar-refractivity contribution in [3.05, 3.63) is 48.0 Å². The van der Waals surface area contributed by atoms with E-state index in [9.17, 15) is 14.7 Å². The lowest BCUT2D eigenvalue weighted by Crippen LogP contribution is -2.67. The van der Waals surface area contributed by atoms with Crippen LogP contribution in [0.15, 0.2) is 42.5 Å². The molecule has 1 aliphatic heterocycles. The first-order valence-corrected chi connectivity index (χ1v) is 25.6. The molecule has 1 aromatic carbocycles. The zero-order chi connectivity index (χ0) is 44.5. The molecular formula is C56H85NO5. The number of Topliss-reactive ketones (excluding diaryl/α,β-unsaturated/α-hetero) is 1. The standard InChI is InChI=1S/C56H85NO5/c1-37(2)42-19-26-56(46(58)33-40-15-16-41(32-40)36-57-29-22-39(23-30-57)31-38-13-11-10-12-14-38)28-27-54(8)43(50(42)56)17-18-45-53(7)24-21-47(52(5,6)44(53)20-25-55(45,54)9)62-49(61)35-51(3,4)34-48(59)60/h10-14,39-45,47,50H,1,15-36H2,2-9H3,(H,59,60)/t40-,41?,42+,43-,44+,45-,47+,50-,53+,54-,55-,56-/m1/s1. The molecule has 6 heteroatoms. The average molecular weight is 852 g/mol. The summed E-state index contributed by atoms with van der Waals surface area (Å²) in [5, 5.41) is 9.41. The number of piperidine rings is 1. The SMILES string of the molecule is C=C(C)[C@@H]1CC[C@]2(C(=O)C[C@@H]3CCC(CN4CCC(Cc5ccccc5)CC4)C3)CC[C@]3(C)[C@H](CC[C@@H]4[C@@]5(C)CC[C@H](OC(=O)CC(C)(C)CC(=O)O)C(C)(C)[C@@H]5CC[C@]43C)[C@@H]12. The Morgan fingerprint density at radius 2 is 1.48 bits per heavy atom. The third-order valence-corrected chi connectivity index (χ3v) is 20.8. The molecule has 0 bridgehead atoms. The number of ketones is 1. The van der Waals surface area contributed by atoms with Gasteiger partial charge >= 0.3 is 11.9 Å². The van der Waals surface area contributed by atoms with E-state index in [4.69, 9.17) is 4.74 Å². The van der Waals surface area contributed by atoms with Gasteiger partial charge in [-0.15, -0.1) is 0 Å². The fourth-order valence-corrected chi connectivity index (χ4v) is 17.6. The maximum absolute atomic E-state index is 15.2. The predicted octanol–water partition coefficient (Wildman–Crippen LogP) is 12.8. The molecule has 62 heavy (non-hydrogen) atoms. The van der Waals surface area contributed by atoms with Gasteiger partial charge < -0.3 is 14.7 Å². The number of carboxylic acid groups (broad SMARTS) is 1. The van der Waals surface area contributed by atoms with E-state index in [0.29, 0.717) is 41.3 Å². The van der Waals surface area contributed by atoms with Gasteiger partial charge in [0.2, 0.25) is 0 Å². The summed E-state index contributed by atoms with van der Waals surface area (Å²) in [6.07, 6.45) is 19.5. The minimum Gasteiger partial charge on any atom is -0.481 e. The molecule has 1 aromatic rings. The lowest BCUT2D eigenvalue weighted by Gasteiger charge is -2.73. The lowest BCUT2D eigenvalue weighted by molar-refractivity contribution is -0.249. The Labute approximate surface area is 376 Å². The van der Waals surface area contributed by atoms with Gasteiger partial charge in [0.25, 0.3) is 0 Å². The van der Waals surface area contributed by atoms with Crippen LogP contribution in [-0.2, 0) is 25.5 Å². The van der Waals surface area contributed by atoms with Crippen LogP contribution in [-0.4, -0.2) is 53.5 Å². The van der Waals surface area contributed by atoms with Crippen LogP contribution < -0.4 is 0 Å². The van der Waals surface area contributed by atoms with Crippen molar-refractivity contribution in [2.45, 2.75) is 183 Å². The quantitative estimate of drug-likeness (QED) is 0.157. The average Bonchev–Trinajstić information content (AvgIpc) is 3.82. The summed E-state index contributed by atoms with van der Waals surface area (Å²) in [4.78, 5) is 42.8. The molecule has 1 N–H and O–H groups in total. The monoisotopic (exact) mass is 852 g/mol. The smallest absolute Gasteiger partial charge is 0.306 e. The summed E-state index contributed by atoms with van der Waals surface area (Å²) in [5.74, 6) is 4.05. The molecule has 6 aliphatic carbocycles. The van der Waals surface area contributed by atoms with Crippen LogP contribution in [0.25, 0.3) is 0 Å². The highest BCUT2D eigenvalue weighted by Gasteiger charge is 2.72. The Bertz CT molecular complexity index is 1830. The number of rotatable bonds is 13. The minimum absolute atomic E-state index is 0.0446. The molecule has 344 valence electrons. The van der Waals surface area contributed by atoms with Crippen LogP contribution in [0.2, 0.25) is 0 Å². The van der Waals surface area contributed by atoms with E-state index in [1.165, 1.54) is 95.0 Å². The number of esters is 1. The molecule has 7 fully saturated rings. The molecule has 0 aromatic heterocycles. The first-order valence-electron chi connectivity index (χ1n) is 25.6. The maximum atomic E-state index is 15.2. The Balaban J connectivity index is 0.922. The highest BCUT2D eigenvalue weighted by atomic mass is 16.5. The number of aliphatic carboxylic acids is 1. The van der Waals surface area contributed by atoms with Crippen LogP contribution in [0.5, 0.6) is 0 Å². The molecule has 12 atom stereocenters. The van der Waals surface area contributed by atoms with Crippen molar-refractivity contribution in [1.82, 2.24) is 4.90 Å². The van der Waals surface area contributed by atoms with Crippen LogP contribution in [0.3, 0.4) is 0 Å². The molecule has 6 saturated carbocycles. The Kier molecular flexibility index (Phi) is 12.7. The van der Waals surface area contributed by atoms with Crippen molar-refractivity contribution >= 4 is 17.7 Å². The minimum atomic E-state index is -0.877. The molecule has 0 amide bonds. The van der Waals surface area contributed by atoms with Gasteiger partial charge in [0.15, 0.2) is 0 Å². The summed E-state index contributed by atoms with van der Waals surface area (Å²) in [7, 11) is 0. The summed E-state index contributed by atoms with van der Waals surface area (Å²) in [5.41, 5.74) is 2.33. The Morgan fingerprint density at radius 1 is 0.774 bits per heavy atom. The number of carboxylic acids is 1. The van der Waals surface area contributed by atoms with E-state index in [0.717, 1.165) is 56.8 Å². The van der Waals surface area contributed by atoms with E-state index in [2.05, 4.69) is 83.4 Å². The summed E-state index contributed by atoms with van der Waals surface area (Å²) >= 11 is 0. The van der Waals surface area contributed by atoms with Crippen molar-refractivity contribution in [3.63, 3.8) is 0 Å². The zero-order valence-electron chi connectivity index (χ0n) is 40.4. The van der Waals surface area contributed by atoms with Crippen molar-refractivity contribution in [1.29, 1.82) is 0 Å². The van der Waals surface area contributed by atoms with Gasteiger partial charge in [-0.25, -0.2) is 0 Å². The van der Waals surface area contributed by atoms with Gasteiger partial charge in [-0.1, -0.05) is 91.0 Å². The van der Waals surface area contributed by atoms with Crippen LogP contribution >= 0.6 is 0 Å². The van der Waals surface area contributed by atoms with Crippen LogP contribution in [0.1, 0.15) is 177 Å². The third-order valence-electron chi connectivity index (χ3n) is 20.8. The van der Waals surface area contributed by atoms with Gasteiger partial charge in [-0.3, -0.25) is 14.4 Å². The fourth-order valence-electron chi connectivity index (χ4n) is 17.6. The number of allylic oxidation sites excluding steroid dienone is 1. The number of hydrogen-bond acceptors (Lipinski definition) is 5. The van der Waals surface area contributed by atoms with Crippen molar-refractivity contribution < 1.29 is 24.2 Å². The highest BCUT2D eigenvalue weighted by Crippen LogP contribution is 2.78. The van der Waals surface area contributed by atoms with Crippen LogP contribution in [0, 0.1) is 79.8 Å². The van der Waals surface area contributed by atoms with Gasteiger partial charge in [-0.05, 0) is 197 Å². The Hall–Kier alpha value is -2.47. The number of carbonyl (C=O) groups is 3. The van der Waals surface area contributed by atoms with E-state index in [-0.39, 0.29) is 52.0 Å². The van der Waals surface area contributed by atoms with Crippen molar-refractivity contribution in [3.8, 4) is 0 Å². The number of benzene rings is 1. The first-order chi connectivity index (χ1) is 29.2. The topological polar surface area (TPSA) is 83.9 Å². The van der Waals surface area contributed by atoms with Crippen molar-refractivity contribution in [2.24, 2.45) is 79.8 Å². The van der Waals surface area contributed by atoms with E-state index in [1.807, 2.05) is 13.8 Å². The molecule has 0 spiro atoms. The summed E-state index contributed by atoms with van der Waals surface area (Å²) in [6, 6.07) is 11.0. The molecule has 0 radical (unpaired) electrons. The Morgan fingerprint density at radius 3 is 2.18 bits per heavy atom. The van der Waals surface area contributed by atoms with Gasteiger partial charge in [-0.2, -0.15) is 0 Å². The van der Waals surface area contributed by atoms with E-state index < -0.39 is 11.4 Å². The molecule has 1 saturated heterocycles. The van der Waals surface area contributed by atoms with Gasteiger partial charge in [0, 0.05) is 23.8 Å². The number of hydrogen-bond donors (Lipinski definition) is 1. The maximum Gasteiger partial charge on any atom is 0.306 e. The first kappa shape index (κ1) is 46.1. The fraction of sp³-hybridized carbons (Fsp3) is 0.804. The summed E-state index contributed by atoms with van der Waals surface area (Å²) in [6.45, 7) is 27.0. The number of fused-ring (bicyclic) bond motifs is 7. The molecule has 1 unspecified atom stereocenters. The van der Waals surface area contributed by atoms with Gasteiger partial charge in [0.1, 0.15) is 11.9 Å². The number of likely N-dealkylation sites (tertiary alicyclic amines) is 1. The number of nitrogens with zero attached hydrogens (tertiary/aromatic N) is 1. The number of ether oxygens (including phenoxy) is 1. The zero-order valence-corrected chi connectivity index (χ0v) is 40.4. The molecule has 8 rings (SSSR count). The predicted molar refractivity (Wildman–Crippen MR) is 249 cm³/mol. The second kappa shape index (κ2) is 17.1. The second-order valence-electron chi connectivity index (χ2n) is 25.2. The van der Waals surface area contributed by atoms with Gasteiger partial charge in [0.05, 0.1) is 12.8 Å². The number of carbonyl (C=O) groups excluding carboxylic acids is 2. The molecular weight excluding hydrogens is 767 g/mol. The largest absolute Gasteiger partial charge is 0.481 e. The third kappa shape index (κ3) is 8.22. The normalized spacial score (nSPS) is 40.7.